The minimum absolute atomic E-state index is 0.0504. The van der Waals surface area contributed by atoms with Crippen molar-refractivity contribution in [1.29, 1.82) is 0 Å². The van der Waals surface area contributed by atoms with Crippen LogP contribution in [0.5, 0.6) is 0 Å². The molecule has 0 aliphatic carbocycles. The third-order valence-electron chi connectivity index (χ3n) is 2.49. The highest BCUT2D eigenvalue weighted by atomic mass is 16.5. The number of hydrogen-bond acceptors (Lipinski definition) is 4. The lowest BCUT2D eigenvalue weighted by Gasteiger charge is -2.11. The standard InChI is InChI=1S/C12H23N3O2/c1-4-17-7-5-6-11-13-14-12(9-16)15(11)8-10(2)3/h10,16H,4-9H2,1-3H3. The summed E-state index contributed by atoms with van der Waals surface area (Å²) in [4.78, 5) is 0. The Morgan fingerprint density at radius 2 is 2.00 bits per heavy atom. The van der Waals surface area contributed by atoms with Gasteiger partial charge in [-0.15, -0.1) is 10.2 Å². The van der Waals surface area contributed by atoms with Crippen LogP contribution in [0.2, 0.25) is 0 Å². The number of nitrogens with zero attached hydrogens (tertiary/aromatic N) is 3. The minimum atomic E-state index is -0.0504. The summed E-state index contributed by atoms with van der Waals surface area (Å²) in [5.74, 6) is 2.12. The van der Waals surface area contributed by atoms with Gasteiger partial charge >= 0.3 is 0 Å². The molecular formula is C12H23N3O2. The van der Waals surface area contributed by atoms with Crippen molar-refractivity contribution >= 4 is 0 Å². The first-order valence-corrected chi connectivity index (χ1v) is 6.28. The number of ether oxygens (including phenoxy) is 1. The molecule has 0 unspecified atom stereocenters. The Morgan fingerprint density at radius 3 is 2.59 bits per heavy atom. The van der Waals surface area contributed by atoms with Gasteiger partial charge in [0.1, 0.15) is 12.4 Å². The molecule has 0 saturated carbocycles. The molecule has 0 bridgehead atoms. The topological polar surface area (TPSA) is 60.2 Å². The molecule has 0 fully saturated rings. The highest BCUT2D eigenvalue weighted by molar-refractivity contribution is 4.95. The first-order valence-electron chi connectivity index (χ1n) is 6.28. The van der Waals surface area contributed by atoms with Crippen LogP contribution >= 0.6 is 0 Å². The van der Waals surface area contributed by atoms with Crippen molar-refractivity contribution in [3.05, 3.63) is 11.6 Å². The van der Waals surface area contributed by atoms with Crippen LogP contribution in [-0.4, -0.2) is 33.1 Å². The molecule has 0 saturated heterocycles. The smallest absolute Gasteiger partial charge is 0.158 e. The fraction of sp³-hybridized carbons (Fsp3) is 0.833. The third kappa shape index (κ3) is 4.44. The number of aromatic nitrogens is 3. The van der Waals surface area contributed by atoms with Crippen LogP contribution in [0.1, 0.15) is 38.8 Å². The van der Waals surface area contributed by atoms with E-state index in [4.69, 9.17) is 4.74 Å². The number of hydrogen-bond donors (Lipinski definition) is 1. The van der Waals surface area contributed by atoms with Crippen LogP contribution in [0.3, 0.4) is 0 Å². The molecule has 1 rings (SSSR count). The summed E-state index contributed by atoms with van der Waals surface area (Å²) in [6.07, 6.45) is 1.79. The third-order valence-corrected chi connectivity index (χ3v) is 2.49. The largest absolute Gasteiger partial charge is 0.388 e. The molecule has 17 heavy (non-hydrogen) atoms. The quantitative estimate of drug-likeness (QED) is 0.699. The fourth-order valence-corrected chi connectivity index (χ4v) is 1.73. The maximum atomic E-state index is 9.21. The van der Waals surface area contributed by atoms with Gasteiger partial charge < -0.3 is 14.4 Å². The average molecular weight is 241 g/mol. The predicted octanol–water partition coefficient (Wildman–Crippen LogP) is 1.40. The van der Waals surface area contributed by atoms with E-state index in [1.807, 2.05) is 11.5 Å². The van der Waals surface area contributed by atoms with Crippen LogP contribution in [0.25, 0.3) is 0 Å². The zero-order chi connectivity index (χ0) is 12.7. The van der Waals surface area contributed by atoms with Gasteiger partial charge in [-0.05, 0) is 19.3 Å². The van der Waals surface area contributed by atoms with Gasteiger partial charge in [-0.1, -0.05) is 13.8 Å². The summed E-state index contributed by atoms with van der Waals surface area (Å²) in [7, 11) is 0. The van der Waals surface area contributed by atoms with Crippen molar-refractivity contribution in [1.82, 2.24) is 14.8 Å². The molecular weight excluding hydrogens is 218 g/mol. The van der Waals surface area contributed by atoms with E-state index in [9.17, 15) is 5.11 Å². The molecule has 1 aromatic rings. The van der Waals surface area contributed by atoms with Crippen LogP contribution in [0.15, 0.2) is 0 Å². The van der Waals surface area contributed by atoms with Gasteiger partial charge in [0.25, 0.3) is 0 Å². The Kier molecular flexibility index (Phi) is 6.15. The summed E-state index contributed by atoms with van der Waals surface area (Å²) in [5, 5.41) is 17.4. The molecule has 0 amide bonds. The van der Waals surface area contributed by atoms with E-state index < -0.39 is 0 Å². The highest BCUT2D eigenvalue weighted by Crippen LogP contribution is 2.09. The highest BCUT2D eigenvalue weighted by Gasteiger charge is 2.11. The molecule has 0 aromatic carbocycles. The monoisotopic (exact) mass is 241 g/mol. The summed E-state index contributed by atoms with van der Waals surface area (Å²) < 4.78 is 7.33. The zero-order valence-electron chi connectivity index (χ0n) is 11.0. The van der Waals surface area contributed by atoms with Gasteiger partial charge in [-0.3, -0.25) is 0 Å². The van der Waals surface area contributed by atoms with Gasteiger partial charge in [-0.25, -0.2) is 0 Å². The van der Waals surface area contributed by atoms with Crippen molar-refractivity contribution in [2.24, 2.45) is 5.92 Å². The Labute approximate surface area is 103 Å². The summed E-state index contributed by atoms with van der Waals surface area (Å²) in [6.45, 7) is 8.58. The Bertz CT molecular complexity index is 324. The number of aliphatic hydroxyl groups excluding tert-OH is 1. The normalized spacial score (nSPS) is 11.4. The van der Waals surface area contributed by atoms with E-state index in [0.29, 0.717) is 11.7 Å². The lowest BCUT2D eigenvalue weighted by Crippen LogP contribution is -2.12. The van der Waals surface area contributed by atoms with Gasteiger partial charge in [0.05, 0.1) is 0 Å². The fourth-order valence-electron chi connectivity index (χ4n) is 1.73. The van der Waals surface area contributed by atoms with Gasteiger partial charge in [0.2, 0.25) is 0 Å². The zero-order valence-corrected chi connectivity index (χ0v) is 11.0. The maximum absolute atomic E-state index is 9.21. The van der Waals surface area contributed by atoms with Crippen molar-refractivity contribution < 1.29 is 9.84 Å². The molecule has 0 atom stereocenters. The Morgan fingerprint density at radius 1 is 1.29 bits per heavy atom. The van der Waals surface area contributed by atoms with Gasteiger partial charge in [0, 0.05) is 26.2 Å². The minimum Gasteiger partial charge on any atom is -0.388 e. The van der Waals surface area contributed by atoms with Crippen LogP contribution in [0, 0.1) is 5.92 Å². The number of aliphatic hydroxyl groups is 1. The lowest BCUT2D eigenvalue weighted by atomic mass is 10.2. The molecule has 5 heteroatoms. The molecule has 5 nitrogen and oxygen atoms in total. The van der Waals surface area contributed by atoms with Crippen LogP contribution < -0.4 is 0 Å². The van der Waals surface area contributed by atoms with E-state index >= 15 is 0 Å². The van der Waals surface area contributed by atoms with Crippen molar-refractivity contribution in [2.45, 2.75) is 46.8 Å². The molecule has 1 heterocycles. The maximum Gasteiger partial charge on any atom is 0.158 e. The molecule has 0 radical (unpaired) electrons. The van der Waals surface area contributed by atoms with Crippen LogP contribution in [0.4, 0.5) is 0 Å². The van der Waals surface area contributed by atoms with E-state index in [1.165, 1.54) is 0 Å². The average Bonchev–Trinajstić information content (AvgIpc) is 2.66. The van der Waals surface area contributed by atoms with Crippen LogP contribution in [-0.2, 0) is 24.3 Å². The summed E-state index contributed by atoms with van der Waals surface area (Å²) >= 11 is 0. The first kappa shape index (κ1) is 14.1. The molecule has 0 spiro atoms. The summed E-state index contributed by atoms with van der Waals surface area (Å²) in [6, 6.07) is 0. The van der Waals surface area contributed by atoms with Crippen molar-refractivity contribution in [2.75, 3.05) is 13.2 Å². The molecule has 0 aliphatic rings. The second kappa shape index (κ2) is 7.40. The van der Waals surface area contributed by atoms with Crippen molar-refractivity contribution in [3.8, 4) is 0 Å². The molecule has 1 aromatic heterocycles. The Balaban J connectivity index is 2.60. The second-order valence-corrected chi connectivity index (χ2v) is 4.50. The second-order valence-electron chi connectivity index (χ2n) is 4.50. The predicted molar refractivity (Wildman–Crippen MR) is 65.6 cm³/mol. The van der Waals surface area contributed by atoms with Gasteiger partial charge in [0.15, 0.2) is 5.82 Å². The van der Waals surface area contributed by atoms with Crippen molar-refractivity contribution in [3.63, 3.8) is 0 Å². The Hall–Kier alpha value is -0.940. The number of aryl methyl sites for hydroxylation is 1. The van der Waals surface area contributed by atoms with E-state index in [-0.39, 0.29) is 6.61 Å². The number of rotatable bonds is 8. The van der Waals surface area contributed by atoms with E-state index in [2.05, 4.69) is 24.0 Å². The first-order chi connectivity index (χ1) is 8.19. The summed E-state index contributed by atoms with van der Waals surface area (Å²) in [5.41, 5.74) is 0. The SMILES string of the molecule is CCOCCCc1nnc(CO)n1CC(C)C. The van der Waals surface area contributed by atoms with E-state index in [0.717, 1.165) is 38.4 Å². The molecule has 98 valence electrons. The van der Waals surface area contributed by atoms with E-state index in [1.54, 1.807) is 0 Å². The van der Waals surface area contributed by atoms with Gasteiger partial charge in [-0.2, -0.15) is 0 Å². The molecule has 0 aliphatic heterocycles. The molecule has 1 N–H and O–H groups in total. The lowest BCUT2D eigenvalue weighted by molar-refractivity contribution is 0.144.